The van der Waals surface area contributed by atoms with E-state index in [4.69, 9.17) is 18.0 Å². The van der Waals surface area contributed by atoms with E-state index in [1.165, 1.54) is 4.88 Å². The maximum Gasteiger partial charge on any atom is 0.0931 e. The highest BCUT2D eigenvalue weighted by atomic mass is 35.5. The van der Waals surface area contributed by atoms with Crippen molar-refractivity contribution in [1.29, 1.82) is 0 Å². The van der Waals surface area contributed by atoms with E-state index in [2.05, 4.69) is 18.2 Å². The van der Waals surface area contributed by atoms with Gasteiger partial charge in [0.1, 0.15) is 0 Å². The minimum atomic E-state index is 0.0934. The van der Waals surface area contributed by atoms with Crippen molar-refractivity contribution >= 4 is 22.9 Å². The van der Waals surface area contributed by atoms with E-state index in [1.807, 2.05) is 19.1 Å². The van der Waals surface area contributed by atoms with Gasteiger partial charge in [0.05, 0.1) is 10.4 Å². The Morgan fingerprint density at radius 2 is 2.23 bits per heavy atom. The summed E-state index contributed by atoms with van der Waals surface area (Å²) in [6.45, 7) is 4.04. The first kappa shape index (κ1) is 10.6. The Labute approximate surface area is 88.1 Å². The molecule has 0 amide bonds. The molecule has 1 rings (SSSR count). The second-order valence-corrected chi connectivity index (χ2v) is 4.67. The third-order valence-corrected chi connectivity index (χ3v) is 3.18. The monoisotopic (exact) mass is 213 g/mol. The molecule has 0 bridgehead atoms. The quantitative estimate of drug-likeness (QED) is 0.762. The van der Waals surface area contributed by atoms with E-state index < -0.39 is 0 Å². The number of thiophene rings is 1. The lowest BCUT2D eigenvalue weighted by atomic mass is 10.2. The molecule has 0 saturated carbocycles. The number of rotatable bonds is 3. The van der Waals surface area contributed by atoms with E-state index in [-0.39, 0.29) is 12.1 Å². The molecule has 1 aromatic rings. The van der Waals surface area contributed by atoms with Crippen LogP contribution in [0.5, 0.6) is 0 Å². The SMILES string of the molecule is C#CC(C)NC(C)c1ccc(Cl)s1. The van der Waals surface area contributed by atoms with Gasteiger partial charge in [-0.05, 0) is 26.0 Å². The molecule has 2 atom stereocenters. The molecule has 0 fully saturated rings. The summed E-state index contributed by atoms with van der Waals surface area (Å²) < 4.78 is 0.817. The average molecular weight is 214 g/mol. The summed E-state index contributed by atoms with van der Waals surface area (Å²) in [5.74, 6) is 2.63. The highest BCUT2D eigenvalue weighted by Gasteiger charge is 2.09. The van der Waals surface area contributed by atoms with Crippen LogP contribution in [0.2, 0.25) is 4.34 Å². The van der Waals surface area contributed by atoms with Crippen LogP contribution < -0.4 is 5.32 Å². The van der Waals surface area contributed by atoms with E-state index in [1.54, 1.807) is 11.3 Å². The molecule has 0 aliphatic heterocycles. The van der Waals surface area contributed by atoms with Gasteiger partial charge >= 0.3 is 0 Å². The lowest BCUT2D eigenvalue weighted by Gasteiger charge is -2.14. The van der Waals surface area contributed by atoms with Gasteiger partial charge in [-0.1, -0.05) is 17.5 Å². The Kier molecular flexibility index (Phi) is 3.80. The van der Waals surface area contributed by atoms with Gasteiger partial charge in [-0.15, -0.1) is 17.8 Å². The zero-order chi connectivity index (χ0) is 9.84. The zero-order valence-electron chi connectivity index (χ0n) is 7.67. The summed E-state index contributed by atoms with van der Waals surface area (Å²) in [5.41, 5.74) is 0. The zero-order valence-corrected chi connectivity index (χ0v) is 9.25. The minimum Gasteiger partial charge on any atom is -0.296 e. The molecule has 0 aliphatic rings. The third kappa shape index (κ3) is 3.04. The maximum absolute atomic E-state index is 5.83. The summed E-state index contributed by atoms with van der Waals surface area (Å²) in [4.78, 5) is 1.21. The number of hydrogen-bond acceptors (Lipinski definition) is 2. The van der Waals surface area contributed by atoms with Gasteiger partial charge in [0.25, 0.3) is 0 Å². The highest BCUT2D eigenvalue weighted by molar-refractivity contribution is 7.16. The molecule has 0 saturated heterocycles. The van der Waals surface area contributed by atoms with Gasteiger partial charge in [-0.2, -0.15) is 0 Å². The number of nitrogens with one attached hydrogen (secondary N) is 1. The van der Waals surface area contributed by atoms with E-state index in [9.17, 15) is 0 Å². The van der Waals surface area contributed by atoms with Gasteiger partial charge in [0, 0.05) is 10.9 Å². The topological polar surface area (TPSA) is 12.0 Å². The molecular weight excluding hydrogens is 202 g/mol. The summed E-state index contributed by atoms with van der Waals surface area (Å²) in [6.07, 6.45) is 5.27. The molecule has 0 aromatic carbocycles. The van der Waals surface area contributed by atoms with Gasteiger partial charge in [0.15, 0.2) is 0 Å². The van der Waals surface area contributed by atoms with Crippen molar-refractivity contribution in [3.63, 3.8) is 0 Å². The Bertz CT molecular complexity index is 313. The Balaban J connectivity index is 2.59. The fraction of sp³-hybridized carbons (Fsp3) is 0.400. The molecule has 70 valence electrons. The molecule has 3 heteroatoms. The maximum atomic E-state index is 5.83. The Morgan fingerprint density at radius 1 is 1.54 bits per heavy atom. The van der Waals surface area contributed by atoms with Crippen LogP contribution in [-0.4, -0.2) is 6.04 Å². The number of terminal acetylenes is 1. The van der Waals surface area contributed by atoms with Crippen molar-refractivity contribution < 1.29 is 0 Å². The van der Waals surface area contributed by atoms with Crippen molar-refractivity contribution in [3.8, 4) is 12.3 Å². The smallest absolute Gasteiger partial charge is 0.0931 e. The molecule has 0 spiro atoms. The molecule has 1 heterocycles. The van der Waals surface area contributed by atoms with Crippen LogP contribution in [0.4, 0.5) is 0 Å². The van der Waals surface area contributed by atoms with Crippen molar-refractivity contribution in [2.45, 2.75) is 25.9 Å². The first-order chi connectivity index (χ1) is 6.13. The minimum absolute atomic E-state index is 0.0934. The van der Waals surface area contributed by atoms with Crippen LogP contribution in [0.1, 0.15) is 24.8 Å². The molecule has 2 unspecified atom stereocenters. The van der Waals surface area contributed by atoms with Gasteiger partial charge in [-0.3, -0.25) is 5.32 Å². The van der Waals surface area contributed by atoms with Crippen LogP contribution in [0, 0.1) is 12.3 Å². The second kappa shape index (κ2) is 4.66. The van der Waals surface area contributed by atoms with Crippen molar-refractivity contribution in [3.05, 3.63) is 21.3 Å². The van der Waals surface area contributed by atoms with Crippen molar-refractivity contribution in [1.82, 2.24) is 5.32 Å². The van der Waals surface area contributed by atoms with Gasteiger partial charge in [0.2, 0.25) is 0 Å². The summed E-state index contributed by atoms with van der Waals surface area (Å²) >= 11 is 7.41. The normalized spacial score (nSPS) is 14.9. The van der Waals surface area contributed by atoms with E-state index >= 15 is 0 Å². The lowest BCUT2D eigenvalue weighted by molar-refractivity contribution is 0.553. The first-order valence-corrected chi connectivity index (χ1v) is 5.30. The molecule has 0 aliphatic carbocycles. The molecule has 1 N–H and O–H groups in total. The number of hydrogen-bond donors (Lipinski definition) is 1. The standard InChI is InChI=1S/C10H12ClNS/c1-4-7(2)12-8(3)9-5-6-10(11)13-9/h1,5-8,12H,2-3H3. The predicted molar refractivity (Wildman–Crippen MR) is 59.2 cm³/mol. The lowest BCUT2D eigenvalue weighted by Crippen LogP contribution is -2.26. The predicted octanol–water partition coefficient (Wildman–Crippen LogP) is 3.07. The van der Waals surface area contributed by atoms with Crippen LogP contribution in [-0.2, 0) is 0 Å². The Morgan fingerprint density at radius 3 is 2.69 bits per heavy atom. The highest BCUT2D eigenvalue weighted by Crippen LogP contribution is 2.26. The van der Waals surface area contributed by atoms with Gasteiger partial charge < -0.3 is 0 Å². The van der Waals surface area contributed by atoms with E-state index in [0.29, 0.717) is 0 Å². The van der Waals surface area contributed by atoms with Crippen LogP contribution in [0.3, 0.4) is 0 Å². The van der Waals surface area contributed by atoms with Gasteiger partial charge in [-0.25, -0.2) is 0 Å². The number of halogens is 1. The van der Waals surface area contributed by atoms with E-state index in [0.717, 1.165) is 4.34 Å². The van der Waals surface area contributed by atoms with Crippen LogP contribution >= 0.6 is 22.9 Å². The molecule has 1 nitrogen and oxygen atoms in total. The molecule has 0 radical (unpaired) electrons. The summed E-state index contributed by atoms with van der Waals surface area (Å²) in [7, 11) is 0. The van der Waals surface area contributed by atoms with Crippen molar-refractivity contribution in [2.75, 3.05) is 0 Å². The largest absolute Gasteiger partial charge is 0.296 e. The molecule has 13 heavy (non-hydrogen) atoms. The second-order valence-electron chi connectivity index (χ2n) is 2.92. The first-order valence-electron chi connectivity index (χ1n) is 4.11. The summed E-state index contributed by atoms with van der Waals surface area (Å²) in [6, 6.07) is 4.29. The fourth-order valence-electron chi connectivity index (χ4n) is 1.07. The van der Waals surface area contributed by atoms with Crippen LogP contribution in [0.25, 0.3) is 0 Å². The molecular formula is C10H12ClNS. The van der Waals surface area contributed by atoms with Crippen LogP contribution in [0.15, 0.2) is 12.1 Å². The summed E-state index contributed by atoms with van der Waals surface area (Å²) in [5, 5.41) is 3.27. The third-order valence-electron chi connectivity index (χ3n) is 1.77. The Hall–Kier alpha value is -0.490. The molecule has 1 aromatic heterocycles. The van der Waals surface area contributed by atoms with Crippen molar-refractivity contribution in [2.24, 2.45) is 0 Å². The fourth-order valence-corrected chi connectivity index (χ4v) is 2.14. The average Bonchev–Trinajstić information content (AvgIpc) is 2.51.